The number of aliphatic hydroxyl groups is 6. The van der Waals surface area contributed by atoms with Gasteiger partial charge in [0.05, 0.1) is 29.8 Å². The van der Waals surface area contributed by atoms with Gasteiger partial charge in [0.1, 0.15) is 11.7 Å². The Bertz CT molecular complexity index is 1680. The minimum absolute atomic E-state index is 0.0118. The molecule has 0 bridgehead atoms. The first-order chi connectivity index (χ1) is 19.1. The highest BCUT2D eigenvalue weighted by Crippen LogP contribution is 2.65. The maximum absolute atomic E-state index is 13.6. The predicted octanol–water partition coefficient (Wildman–Crippen LogP) is 1.74. The number of nitrogens with one attached hydrogen (secondary N) is 1. The highest BCUT2D eigenvalue weighted by atomic mass is 16.7. The third-order valence-corrected chi connectivity index (χ3v) is 9.85. The molecule has 10 nitrogen and oxygen atoms in total. The number of fused-ring (bicyclic) bond motifs is 7. The largest absolute Gasteiger partial charge is 0.422 e. The maximum Gasteiger partial charge on any atom is 0.343 e. The molecule has 3 fully saturated rings. The van der Waals surface area contributed by atoms with Crippen molar-refractivity contribution in [3.05, 3.63) is 54.2 Å². The number of benzene rings is 3. The van der Waals surface area contributed by atoms with Gasteiger partial charge in [-0.1, -0.05) is 30.3 Å². The van der Waals surface area contributed by atoms with Crippen molar-refractivity contribution in [2.75, 3.05) is 6.61 Å². The van der Waals surface area contributed by atoms with Crippen LogP contribution in [0.25, 0.3) is 32.4 Å². The summed E-state index contributed by atoms with van der Waals surface area (Å²) in [5.41, 5.74) is -4.78. The van der Waals surface area contributed by atoms with Crippen molar-refractivity contribution >= 4 is 38.4 Å². The summed E-state index contributed by atoms with van der Waals surface area (Å²) in [6, 6.07) is 15.5. The zero-order valence-corrected chi connectivity index (χ0v) is 21.6. The Morgan fingerprint density at radius 3 is 2.45 bits per heavy atom. The van der Waals surface area contributed by atoms with Gasteiger partial charge >= 0.3 is 5.97 Å². The number of rotatable bonds is 4. The van der Waals surface area contributed by atoms with Gasteiger partial charge in [-0.15, -0.1) is 0 Å². The van der Waals surface area contributed by atoms with E-state index in [0.29, 0.717) is 23.7 Å². The minimum atomic E-state index is -2.72. The molecule has 7 N–H and O–H groups in total. The SMILES string of the molecule is O=C(Oc1c(CO)[nH]c2ccc3cc4ccccc4cc3c12)C1OC2(O)C(O)(CCC3(CO)CCCC32O)C1O. The molecule has 40 heavy (non-hydrogen) atoms. The van der Waals surface area contributed by atoms with Crippen molar-refractivity contribution in [2.24, 2.45) is 5.41 Å². The lowest BCUT2D eigenvalue weighted by molar-refractivity contribution is -0.385. The van der Waals surface area contributed by atoms with E-state index < -0.39 is 53.8 Å². The second-order valence-corrected chi connectivity index (χ2v) is 11.6. The summed E-state index contributed by atoms with van der Waals surface area (Å²) in [4.78, 5) is 16.7. The number of aromatic nitrogens is 1. The molecule has 1 aromatic heterocycles. The van der Waals surface area contributed by atoms with Gasteiger partial charge in [0.2, 0.25) is 5.79 Å². The van der Waals surface area contributed by atoms with Crippen LogP contribution < -0.4 is 4.74 Å². The van der Waals surface area contributed by atoms with Crippen LogP contribution >= 0.6 is 0 Å². The lowest BCUT2D eigenvalue weighted by Gasteiger charge is -2.57. The summed E-state index contributed by atoms with van der Waals surface area (Å²) in [7, 11) is 0. The molecular weight excluding hydrogens is 518 g/mol. The molecule has 7 rings (SSSR count). The standard InChI is InChI=1S/C30H31NO9/c32-14-21-23(22-19-13-17-5-2-1-4-16(17)12-18(19)6-7-20(22)31-21)39-26(35)24-25(34)28(36)11-10-27(15-33)8-3-9-29(27,37)30(28,38)40-24/h1-2,4-7,12-13,24-25,31-34,36-38H,3,8-11,14-15H2. The molecule has 0 spiro atoms. The van der Waals surface area contributed by atoms with Crippen molar-refractivity contribution in [3.63, 3.8) is 0 Å². The summed E-state index contributed by atoms with van der Waals surface area (Å²) in [5.74, 6) is -3.78. The average Bonchev–Trinajstić information content (AvgIpc) is 3.57. The van der Waals surface area contributed by atoms with Gasteiger partial charge in [-0.2, -0.15) is 0 Å². The van der Waals surface area contributed by atoms with Gasteiger partial charge in [0, 0.05) is 5.41 Å². The van der Waals surface area contributed by atoms with Gasteiger partial charge < -0.3 is 45.1 Å². The molecule has 4 aromatic rings. The Morgan fingerprint density at radius 2 is 1.73 bits per heavy atom. The van der Waals surface area contributed by atoms with E-state index in [1.54, 1.807) is 0 Å². The summed E-state index contributed by atoms with van der Waals surface area (Å²) >= 11 is 0. The number of carbonyl (C=O) groups excluding carboxylic acids is 1. The molecule has 0 radical (unpaired) electrons. The summed E-state index contributed by atoms with van der Waals surface area (Å²) in [6.07, 6.45) is -2.98. The van der Waals surface area contributed by atoms with Crippen LogP contribution in [0, 0.1) is 5.41 Å². The third-order valence-electron chi connectivity index (χ3n) is 9.85. The molecule has 2 heterocycles. The second-order valence-electron chi connectivity index (χ2n) is 11.6. The van der Waals surface area contributed by atoms with Crippen LogP contribution in [0.2, 0.25) is 0 Å². The zero-order valence-electron chi connectivity index (χ0n) is 21.6. The first-order valence-corrected chi connectivity index (χ1v) is 13.5. The Balaban J connectivity index is 1.30. The van der Waals surface area contributed by atoms with Crippen LogP contribution in [-0.2, 0) is 16.1 Å². The quantitative estimate of drug-likeness (QED) is 0.148. The summed E-state index contributed by atoms with van der Waals surface area (Å²) in [6.45, 7) is -0.930. The fourth-order valence-electron chi connectivity index (χ4n) is 7.60. The van der Waals surface area contributed by atoms with E-state index >= 15 is 0 Å². The Labute approximate surface area is 228 Å². The third kappa shape index (κ3) is 3.04. The molecule has 2 aliphatic carbocycles. The van der Waals surface area contributed by atoms with E-state index in [4.69, 9.17) is 9.47 Å². The normalized spacial score (nSPS) is 35.4. The van der Waals surface area contributed by atoms with Gasteiger partial charge in [-0.3, -0.25) is 0 Å². The number of aromatic amines is 1. The Kier molecular flexibility index (Phi) is 5.47. The fraction of sp³-hybridized carbons (Fsp3) is 0.433. The molecule has 10 heteroatoms. The zero-order chi connectivity index (χ0) is 28.1. The summed E-state index contributed by atoms with van der Waals surface area (Å²) in [5, 5.41) is 70.4. The van der Waals surface area contributed by atoms with E-state index in [1.807, 2.05) is 48.5 Å². The number of esters is 1. The van der Waals surface area contributed by atoms with Gasteiger partial charge in [0.15, 0.2) is 17.5 Å². The Morgan fingerprint density at radius 1 is 0.975 bits per heavy atom. The number of hydrogen-bond donors (Lipinski definition) is 7. The smallest absolute Gasteiger partial charge is 0.343 e. The highest BCUT2D eigenvalue weighted by Gasteiger charge is 2.81. The van der Waals surface area contributed by atoms with E-state index in [9.17, 15) is 35.4 Å². The molecule has 3 aromatic carbocycles. The number of aliphatic hydroxyl groups excluding tert-OH is 3. The van der Waals surface area contributed by atoms with Crippen LogP contribution in [-0.4, -0.2) is 77.4 Å². The van der Waals surface area contributed by atoms with Crippen LogP contribution in [0.1, 0.15) is 37.8 Å². The molecule has 6 unspecified atom stereocenters. The van der Waals surface area contributed by atoms with Gasteiger partial charge in [0.25, 0.3) is 0 Å². The van der Waals surface area contributed by atoms with E-state index in [0.717, 1.165) is 21.5 Å². The van der Waals surface area contributed by atoms with Gasteiger partial charge in [-0.25, -0.2) is 4.79 Å². The van der Waals surface area contributed by atoms with Crippen LogP contribution in [0.15, 0.2) is 48.5 Å². The first kappa shape index (κ1) is 25.8. The topological polar surface area (TPSA) is 173 Å². The Hall–Kier alpha value is -3.09. The molecular formula is C30H31NO9. The molecule has 2 saturated carbocycles. The first-order valence-electron chi connectivity index (χ1n) is 13.5. The average molecular weight is 550 g/mol. The number of ether oxygens (including phenoxy) is 2. The number of H-pyrrole nitrogens is 1. The monoisotopic (exact) mass is 549 g/mol. The molecule has 1 saturated heterocycles. The van der Waals surface area contributed by atoms with Crippen molar-refractivity contribution in [3.8, 4) is 5.75 Å². The van der Waals surface area contributed by atoms with Crippen LogP contribution in [0.3, 0.4) is 0 Å². The van der Waals surface area contributed by atoms with Crippen LogP contribution in [0.4, 0.5) is 0 Å². The molecule has 6 atom stereocenters. The number of carbonyl (C=O) groups is 1. The lowest BCUT2D eigenvalue weighted by atomic mass is 9.56. The molecule has 1 aliphatic heterocycles. The van der Waals surface area contributed by atoms with E-state index in [1.165, 1.54) is 0 Å². The number of hydrogen-bond acceptors (Lipinski definition) is 9. The van der Waals surface area contributed by atoms with Crippen molar-refractivity contribution in [1.29, 1.82) is 0 Å². The van der Waals surface area contributed by atoms with Crippen molar-refractivity contribution in [2.45, 2.75) is 67.9 Å². The second kappa shape index (κ2) is 8.46. The maximum atomic E-state index is 13.6. The van der Waals surface area contributed by atoms with E-state index in [-0.39, 0.29) is 30.7 Å². The molecule has 0 amide bonds. The van der Waals surface area contributed by atoms with Crippen LogP contribution in [0.5, 0.6) is 5.75 Å². The predicted molar refractivity (Wildman–Crippen MR) is 143 cm³/mol. The van der Waals surface area contributed by atoms with E-state index in [2.05, 4.69) is 4.98 Å². The highest BCUT2D eigenvalue weighted by molar-refractivity contribution is 6.14. The fourth-order valence-corrected chi connectivity index (χ4v) is 7.60. The van der Waals surface area contributed by atoms with Crippen molar-refractivity contribution < 1.29 is 44.9 Å². The lowest BCUT2D eigenvalue weighted by Crippen LogP contribution is -2.76. The van der Waals surface area contributed by atoms with Gasteiger partial charge in [-0.05, 0) is 71.8 Å². The van der Waals surface area contributed by atoms with Crippen molar-refractivity contribution in [1.82, 2.24) is 4.98 Å². The molecule has 210 valence electrons. The molecule has 3 aliphatic rings. The summed E-state index contributed by atoms with van der Waals surface area (Å²) < 4.78 is 11.5. The minimum Gasteiger partial charge on any atom is -0.422 e.